The topological polar surface area (TPSA) is 94.8 Å². The molecule has 2 heterocycles. The molecule has 0 fully saturated rings. The molecule has 0 saturated heterocycles. The molecule has 3 N–H and O–H groups in total. The van der Waals surface area contributed by atoms with E-state index in [1.54, 1.807) is 0 Å². The van der Waals surface area contributed by atoms with Crippen LogP contribution in [-0.4, -0.2) is 15.9 Å². The number of carbonyl (C=O) groups is 1. The summed E-state index contributed by atoms with van der Waals surface area (Å²) < 4.78 is 0. The predicted molar refractivity (Wildman–Crippen MR) is 40.0 cm³/mol. The lowest BCUT2D eigenvalue weighted by Gasteiger charge is -1.92. The van der Waals surface area contributed by atoms with Crippen molar-refractivity contribution in [3.63, 3.8) is 0 Å². The Labute approximate surface area is 65.6 Å². The molecule has 0 radical (unpaired) electrons. The minimum absolute atomic E-state index is 0.0640. The zero-order valence-corrected chi connectivity index (χ0v) is 5.93. The van der Waals surface area contributed by atoms with E-state index >= 15 is 0 Å². The first kappa shape index (κ1) is 6.84. The lowest BCUT2D eigenvalue weighted by molar-refractivity contribution is -0.115. The van der Waals surface area contributed by atoms with Gasteiger partial charge in [0.05, 0.1) is 12.1 Å². The molecule has 1 aromatic heterocycles. The Morgan fingerprint density at radius 3 is 2.58 bits per heavy atom. The highest BCUT2D eigenvalue weighted by atomic mass is 16.2. The van der Waals surface area contributed by atoms with E-state index in [2.05, 4.69) is 10.3 Å². The van der Waals surface area contributed by atoms with E-state index in [9.17, 15) is 14.4 Å². The van der Waals surface area contributed by atoms with Gasteiger partial charge >= 0.3 is 5.69 Å². The normalized spacial score (nSPS) is 14.2. The molecule has 6 nitrogen and oxygen atoms in total. The second kappa shape index (κ2) is 2.07. The number of aromatic nitrogens is 2. The summed E-state index contributed by atoms with van der Waals surface area (Å²) in [6, 6.07) is 0. The van der Waals surface area contributed by atoms with Crippen molar-refractivity contribution in [3.8, 4) is 0 Å². The second-order valence-electron chi connectivity index (χ2n) is 2.49. The Morgan fingerprint density at radius 1 is 1.08 bits per heavy atom. The van der Waals surface area contributed by atoms with Gasteiger partial charge in [0.15, 0.2) is 0 Å². The number of hydrogen-bond donors (Lipinski definition) is 3. The quantitative estimate of drug-likeness (QED) is 0.441. The van der Waals surface area contributed by atoms with Crippen molar-refractivity contribution < 1.29 is 4.79 Å². The van der Waals surface area contributed by atoms with Gasteiger partial charge in [-0.15, -0.1) is 0 Å². The van der Waals surface area contributed by atoms with Crippen molar-refractivity contribution in [3.05, 3.63) is 26.5 Å². The van der Waals surface area contributed by atoms with Gasteiger partial charge in [-0.2, -0.15) is 0 Å². The van der Waals surface area contributed by atoms with Gasteiger partial charge in [-0.05, 0) is 0 Å². The summed E-state index contributed by atoms with van der Waals surface area (Å²) in [5.74, 6) is -0.280. The molecule has 12 heavy (non-hydrogen) atoms. The van der Waals surface area contributed by atoms with Crippen LogP contribution in [0.1, 0.15) is 5.69 Å². The number of rotatable bonds is 0. The van der Waals surface area contributed by atoms with Crippen LogP contribution in [-0.2, 0) is 11.2 Å². The minimum atomic E-state index is -0.588. The molecule has 1 aliphatic heterocycles. The summed E-state index contributed by atoms with van der Waals surface area (Å²) in [5.41, 5.74) is -0.636. The fourth-order valence-electron chi connectivity index (χ4n) is 1.14. The maximum atomic E-state index is 11.0. The molecule has 0 aromatic carbocycles. The van der Waals surface area contributed by atoms with Crippen LogP contribution < -0.4 is 16.6 Å². The van der Waals surface area contributed by atoms with Crippen molar-refractivity contribution in [2.45, 2.75) is 6.42 Å². The van der Waals surface area contributed by atoms with E-state index in [0.29, 0.717) is 5.69 Å². The van der Waals surface area contributed by atoms with Crippen LogP contribution in [0.25, 0.3) is 0 Å². The summed E-state index contributed by atoms with van der Waals surface area (Å²) >= 11 is 0. The Morgan fingerprint density at radius 2 is 1.83 bits per heavy atom. The first-order chi connectivity index (χ1) is 5.66. The van der Waals surface area contributed by atoms with Crippen molar-refractivity contribution in [2.24, 2.45) is 0 Å². The number of fused-ring (bicyclic) bond motifs is 1. The van der Waals surface area contributed by atoms with Gasteiger partial charge in [-0.1, -0.05) is 0 Å². The molecule has 1 aromatic rings. The van der Waals surface area contributed by atoms with E-state index in [0.717, 1.165) is 0 Å². The minimum Gasteiger partial charge on any atom is -0.320 e. The first-order valence-electron chi connectivity index (χ1n) is 3.32. The van der Waals surface area contributed by atoms with Crippen LogP contribution in [0, 0.1) is 0 Å². The van der Waals surface area contributed by atoms with Crippen LogP contribution >= 0.6 is 0 Å². The first-order valence-corrected chi connectivity index (χ1v) is 3.32. The average molecular weight is 167 g/mol. The standard InChI is InChI=1S/C6H5N3O3/c10-3-1-2-4(8-3)5(11)9-6(12)7-2/h1H2,(H,8,10)(H2,7,9,11,12). The SMILES string of the molecule is O=C1Cc2[nH]c(=O)[nH]c(=O)c2N1. The van der Waals surface area contributed by atoms with Crippen molar-refractivity contribution in [2.75, 3.05) is 5.32 Å². The highest BCUT2D eigenvalue weighted by Gasteiger charge is 2.21. The molecule has 0 aliphatic carbocycles. The van der Waals surface area contributed by atoms with Crippen LogP contribution in [0.2, 0.25) is 0 Å². The van der Waals surface area contributed by atoms with E-state index in [4.69, 9.17) is 0 Å². The molecule has 0 unspecified atom stereocenters. The van der Waals surface area contributed by atoms with Gasteiger partial charge in [-0.3, -0.25) is 14.6 Å². The van der Waals surface area contributed by atoms with Gasteiger partial charge in [0.1, 0.15) is 5.69 Å². The molecule has 2 rings (SSSR count). The summed E-state index contributed by atoms with van der Waals surface area (Å²) in [6.07, 6.45) is 0.0640. The van der Waals surface area contributed by atoms with E-state index in [1.165, 1.54) is 0 Å². The number of hydrogen-bond acceptors (Lipinski definition) is 3. The molecule has 62 valence electrons. The molecule has 0 bridgehead atoms. The van der Waals surface area contributed by atoms with Gasteiger partial charge in [0.25, 0.3) is 5.56 Å². The number of amides is 1. The van der Waals surface area contributed by atoms with Crippen molar-refractivity contribution in [1.82, 2.24) is 9.97 Å². The Hall–Kier alpha value is -1.85. The lowest BCUT2D eigenvalue weighted by atomic mass is 10.3. The largest absolute Gasteiger partial charge is 0.326 e. The fourth-order valence-corrected chi connectivity index (χ4v) is 1.14. The van der Waals surface area contributed by atoms with Gasteiger partial charge in [0.2, 0.25) is 5.91 Å². The molecule has 0 spiro atoms. The molecule has 0 saturated carbocycles. The summed E-state index contributed by atoms with van der Waals surface area (Å²) in [4.78, 5) is 36.8. The number of aromatic amines is 2. The third-order valence-corrected chi connectivity index (χ3v) is 1.62. The Kier molecular flexibility index (Phi) is 1.18. The number of nitrogens with one attached hydrogen (secondary N) is 3. The fraction of sp³-hybridized carbons (Fsp3) is 0.167. The van der Waals surface area contributed by atoms with Crippen LogP contribution in [0.5, 0.6) is 0 Å². The third-order valence-electron chi connectivity index (χ3n) is 1.62. The predicted octanol–water partition coefficient (Wildman–Crippen LogP) is -1.44. The third kappa shape index (κ3) is 0.849. The maximum absolute atomic E-state index is 11.0. The molecule has 0 atom stereocenters. The second-order valence-corrected chi connectivity index (χ2v) is 2.49. The number of H-pyrrole nitrogens is 2. The molecule has 1 aliphatic rings. The summed E-state index contributed by atoms with van der Waals surface area (Å²) in [5, 5.41) is 2.34. The number of anilines is 1. The zero-order valence-electron chi connectivity index (χ0n) is 5.93. The Balaban J connectivity index is 2.76. The molecule has 6 heteroatoms. The Bertz CT molecular complexity index is 456. The maximum Gasteiger partial charge on any atom is 0.326 e. The van der Waals surface area contributed by atoms with Gasteiger partial charge < -0.3 is 10.3 Å². The van der Waals surface area contributed by atoms with E-state index in [-0.39, 0.29) is 18.0 Å². The van der Waals surface area contributed by atoms with E-state index < -0.39 is 11.2 Å². The lowest BCUT2D eigenvalue weighted by Crippen LogP contribution is -2.24. The van der Waals surface area contributed by atoms with Gasteiger partial charge in [0, 0.05) is 0 Å². The van der Waals surface area contributed by atoms with Gasteiger partial charge in [-0.25, -0.2) is 4.79 Å². The van der Waals surface area contributed by atoms with Crippen LogP contribution in [0.4, 0.5) is 5.69 Å². The summed E-state index contributed by atoms with van der Waals surface area (Å²) in [6.45, 7) is 0. The average Bonchev–Trinajstić information content (AvgIpc) is 2.29. The van der Waals surface area contributed by atoms with E-state index in [1.807, 2.05) is 4.98 Å². The summed E-state index contributed by atoms with van der Waals surface area (Å²) in [7, 11) is 0. The highest BCUT2D eigenvalue weighted by Crippen LogP contribution is 2.12. The molecular weight excluding hydrogens is 162 g/mol. The van der Waals surface area contributed by atoms with Crippen molar-refractivity contribution in [1.29, 1.82) is 0 Å². The smallest absolute Gasteiger partial charge is 0.320 e. The number of carbonyl (C=O) groups excluding carboxylic acids is 1. The van der Waals surface area contributed by atoms with Crippen molar-refractivity contribution >= 4 is 11.6 Å². The van der Waals surface area contributed by atoms with Crippen LogP contribution in [0.3, 0.4) is 0 Å². The monoisotopic (exact) mass is 167 g/mol. The highest BCUT2D eigenvalue weighted by molar-refractivity contribution is 5.97. The van der Waals surface area contributed by atoms with Crippen LogP contribution in [0.15, 0.2) is 9.59 Å². The zero-order chi connectivity index (χ0) is 8.72. The molecule has 1 amide bonds. The molecular formula is C6H5N3O3.